The third-order valence-corrected chi connectivity index (χ3v) is 4.78. The van der Waals surface area contributed by atoms with Crippen LogP contribution in [0.25, 0.3) is 34.2 Å². The van der Waals surface area contributed by atoms with Crippen LogP contribution in [0.1, 0.15) is 6.92 Å². The highest BCUT2D eigenvalue weighted by Gasteiger charge is 2.12. The second-order valence-corrected chi connectivity index (χ2v) is 6.88. The molecule has 0 saturated heterocycles. The zero-order valence-corrected chi connectivity index (χ0v) is 16.6. The summed E-state index contributed by atoms with van der Waals surface area (Å²) in [7, 11) is 2.00. The monoisotopic (exact) mass is 378 g/mol. The second kappa shape index (κ2) is 8.07. The number of benzene rings is 3. The standard InChI is InChI=1S/C25H22N4/c1-18(2)29(3)22-16-14-21(15-17-22)25-27-23(19-10-6-4-7-11-19)26-24(28-25)20-12-8-5-9-13-20/h4-17H,1H2,2-3H3. The minimum absolute atomic E-state index is 0.655. The molecule has 0 aliphatic rings. The summed E-state index contributed by atoms with van der Waals surface area (Å²) in [6.45, 7) is 5.98. The van der Waals surface area contributed by atoms with Crippen molar-refractivity contribution in [1.29, 1.82) is 0 Å². The third kappa shape index (κ3) is 4.06. The quantitative estimate of drug-likeness (QED) is 0.437. The van der Waals surface area contributed by atoms with Crippen molar-refractivity contribution in [3.05, 3.63) is 97.2 Å². The Morgan fingerprint density at radius 2 is 1.00 bits per heavy atom. The van der Waals surface area contributed by atoms with Crippen LogP contribution in [0.15, 0.2) is 97.2 Å². The molecule has 4 rings (SSSR count). The normalized spacial score (nSPS) is 10.6. The molecule has 0 atom stereocenters. The van der Waals surface area contributed by atoms with Crippen molar-refractivity contribution in [2.24, 2.45) is 0 Å². The Bertz CT molecular complexity index is 1060. The zero-order valence-electron chi connectivity index (χ0n) is 16.6. The number of aromatic nitrogens is 3. The van der Waals surface area contributed by atoms with E-state index < -0.39 is 0 Å². The van der Waals surface area contributed by atoms with Crippen molar-refractivity contribution in [1.82, 2.24) is 15.0 Å². The molecule has 4 aromatic rings. The van der Waals surface area contributed by atoms with Crippen LogP contribution in [0.5, 0.6) is 0 Å². The Morgan fingerprint density at radius 1 is 0.621 bits per heavy atom. The molecule has 0 fully saturated rings. The number of rotatable bonds is 5. The van der Waals surface area contributed by atoms with Gasteiger partial charge in [-0.15, -0.1) is 0 Å². The maximum atomic E-state index is 4.76. The highest BCUT2D eigenvalue weighted by atomic mass is 15.1. The first-order valence-corrected chi connectivity index (χ1v) is 9.48. The topological polar surface area (TPSA) is 41.9 Å². The maximum Gasteiger partial charge on any atom is 0.164 e. The van der Waals surface area contributed by atoms with E-state index in [1.54, 1.807) is 0 Å². The minimum atomic E-state index is 0.655. The molecule has 0 unspecified atom stereocenters. The van der Waals surface area contributed by atoms with Gasteiger partial charge in [0.15, 0.2) is 17.5 Å². The van der Waals surface area contributed by atoms with Crippen LogP contribution in [0.4, 0.5) is 5.69 Å². The number of nitrogens with zero attached hydrogens (tertiary/aromatic N) is 4. The fraction of sp³-hybridized carbons (Fsp3) is 0.0800. The average molecular weight is 378 g/mol. The molecule has 0 bridgehead atoms. The molecule has 1 heterocycles. The summed E-state index contributed by atoms with van der Waals surface area (Å²) in [5, 5.41) is 0. The molecule has 29 heavy (non-hydrogen) atoms. The predicted octanol–water partition coefficient (Wildman–Crippen LogP) is 5.84. The summed E-state index contributed by atoms with van der Waals surface area (Å²) in [6.07, 6.45) is 0. The summed E-state index contributed by atoms with van der Waals surface area (Å²) < 4.78 is 0. The molecule has 0 spiro atoms. The smallest absolute Gasteiger partial charge is 0.164 e. The van der Waals surface area contributed by atoms with E-state index in [1.165, 1.54) is 0 Å². The Labute approximate surface area is 171 Å². The van der Waals surface area contributed by atoms with Gasteiger partial charge in [0.2, 0.25) is 0 Å². The molecule has 4 nitrogen and oxygen atoms in total. The molecule has 0 radical (unpaired) electrons. The van der Waals surface area contributed by atoms with Gasteiger partial charge in [-0.05, 0) is 31.2 Å². The molecule has 0 amide bonds. The van der Waals surface area contributed by atoms with Gasteiger partial charge >= 0.3 is 0 Å². The van der Waals surface area contributed by atoms with Crippen LogP contribution in [0.2, 0.25) is 0 Å². The summed E-state index contributed by atoms with van der Waals surface area (Å²) in [5.41, 5.74) is 4.93. The van der Waals surface area contributed by atoms with Gasteiger partial charge in [0, 0.05) is 35.1 Å². The van der Waals surface area contributed by atoms with Crippen molar-refractivity contribution >= 4 is 5.69 Å². The molecular formula is C25H22N4. The lowest BCUT2D eigenvalue weighted by Crippen LogP contribution is -2.12. The van der Waals surface area contributed by atoms with Gasteiger partial charge in [0.25, 0.3) is 0 Å². The van der Waals surface area contributed by atoms with Crippen LogP contribution in [-0.4, -0.2) is 22.0 Å². The van der Waals surface area contributed by atoms with Crippen LogP contribution < -0.4 is 4.90 Å². The van der Waals surface area contributed by atoms with Crippen LogP contribution in [0, 0.1) is 0 Å². The number of anilines is 1. The lowest BCUT2D eigenvalue weighted by Gasteiger charge is -2.19. The Hall–Kier alpha value is -3.79. The number of hydrogen-bond donors (Lipinski definition) is 0. The molecule has 1 aromatic heterocycles. The number of hydrogen-bond acceptors (Lipinski definition) is 4. The molecule has 0 aliphatic heterocycles. The fourth-order valence-electron chi connectivity index (χ4n) is 2.99. The molecule has 4 heteroatoms. The van der Waals surface area contributed by atoms with E-state index >= 15 is 0 Å². The number of allylic oxidation sites excluding steroid dienone is 1. The van der Waals surface area contributed by atoms with E-state index in [0.717, 1.165) is 28.1 Å². The SMILES string of the molecule is C=C(C)N(C)c1ccc(-c2nc(-c3ccccc3)nc(-c3ccccc3)n2)cc1. The highest BCUT2D eigenvalue weighted by Crippen LogP contribution is 2.26. The average Bonchev–Trinajstić information content (AvgIpc) is 2.79. The van der Waals surface area contributed by atoms with Crippen LogP contribution >= 0.6 is 0 Å². The molecule has 0 aliphatic carbocycles. The largest absolute Gasteiger partial charge is 0.349 e. The van der Waals surface area contributed by atoms with Crippen molar-refractivity contribution in [2.45, 2.75) is 6.92 Å². The van der Waals surface area contributed by atoms with Crippen LogP contribution in [-0.2, 0) is 0 Å². The van der Waals surface area contributed by atoms with E-state index in [0.29, 0.717) is 17.5 Å². The van der Waals surface area contributed by atoms with Gasteiger partial charge in [-0.25, -0.2) is 15.0 Å². The van der Waals surface area contributed by atoms with Crippen molar-refractivity contribution in [3.8, 4) is 34.2 Å². The summed E-state index contributed by atoms with van der Waals surface area (Å²) >= 11 is 0. The maximum absolute atomic E-state index is 4.76. The lowest BCUT2D eigenvalue weighted by molar-refractivity contribution is 1.07. The van der Waals surface area contributed by atoms with E-state index in [4.69, 9.17) is 15.0 Å². The third-order valence-electron chi connectivity index (χ3n) is 4.78. The molecule has 3 aromatic carbocycles. The van der Waals surface area contributed by atoms with E-state index in [9.17, 15) is 0 Å². The Balaban J connectivity index is 1.81. The van der Waals surface area contributed by atoms with Gasteiger partial charge in [-0.1, -0.05) is 67.2 Å². The molecular weight excluding hydrogens is 356 g/mol. The Kier molecular flexibility index (Phi) is 5.16. The van der Waals surface area contributed by atoms with Crippen molar-refractivity contribution < 1.29 is 0 Å². The fourth-order valence-corrected chi connectivity index (χ4v) is 2.99. The van der Waals surface area contributed by atoms with Gasteiger partial charge in [-0.2, -0.15) is 0 Å². The van der Waals surface area contributed by atoms with Crippen LogP contribution in [0.3, 0.4) is 0 Å². The van der Waals surface area contributed by atoms with Gasteiger partial charge in [0.1, 0.15) is 0 Å². The lowest BCUT2D eigenvalue weighted by atomic mass is 10.1. The first-order chi connectivity index (χ1) is 14.1. The Morgan fingerprint density at radius 3 is 1.38 bits per heavy atom. The van der Waals surface area contributed by atoms with E-state index in [-0.39, 0.29) is 0 Å². The minimum Gasteiger partial charge on any atom is -0.349 e. The summed E-state index contributed by atoms with van der Waals surface area (Å²) in [5.74, 6) is 1.98. The molecule has 142 valence electrons. The first-order valence-electron chi connectivity index (χ1n) is 9.48. The van der Waals surface area contributed by atoms with E-state index in [1.807, 2.05) is 91.7 Å². The highest BCUT2D eigenvalue weighted by molar-refractivity contribution is 5.67. The van der Waals surface area contributed by atoms with Crippen molar-refractivity contribution in [3.63, 3.8) is 0 Å². The van der Waals surface area contributed by atoms with Gasteiger partial charge < -0.3 is 4.90 Å². The predicted molar refractivity (Wildman–Crippen MR) is 119 cm³/mol. The molecule has 0 saturated carbocycles. The van der Waals surface area contributed by atoms with Gasteiger partial charge in [-0.3, -0.25) is 0 Å². The van der Waals surface area contributed by atoms with E-state index in [2.05, 4.69) is 18.7 Å². The molecule has 0 N–H and O–H groups in total. The van der Waals surface area contributed by atoms with Crippen molar-refractivity contribution in [2.75, 3.05) is 11.9 Å². The van der Waals surface area contributed by atoms with Gasteiger partial charge in [0.05, 0.1) is 0 Å². The second-order valence-electron chi connectivity index (χ2n) is 6.88. The zero-order chi connectivity index (χ0) is 20.2. The first kappa shape index (κ1) is 18.6. The summed E-state index contributed by atoms with van der Waals surface area (Å²) in [6, 6.07) is 28.2. The summed E-state index contributed by atoms with van der Waals surface area (Å²) in [4.78, 5) is 16.3.